The highest BCUT2D eigenvalue weighted by Crippen LogP contribution is 2.10. The lowest BCUT2D eigenvalue weighted by Gasteiger charge is -2.17. The van der Waals surface area contributed by atoms with Crippen LogP contribution in [0.25, 0.3) is 0 Å². The summed E-state index contributed by atoms with van der Waals surface area (Å²) in [5.41, 5.74) is 1.12. The average Bonchev–Trinajstić information content (AvgIpc) is 2.72. The maximum Gasteiger partial charge on any atom is 0.0570 e. The summed E-state index contributed by atoms with van der Waals surface area (Å²) in [5.74, 6) is 0. The van der Waals surface area contributed by atoms with Gasteiger partial charge in [-0.25, -0.2) is 0 Å². The molecular formula is C11H17N3. The summed E-state index contributed by atoms with van der Waals surface area (Å²) in [4.78, 5) is 4.34. The van der Waals surface area contributed by atoms with E-state index in [4.69, 9.17) is 0 Å². The van der Waals surface area contributed by atoms with Gasteiger partial charge in [0.2, 0.25) is 0 Å². The average molecular weight is 191 g/mol. The monoisotopic (exact) mass is 191 g/mol. The van der Waals surface area contributed by atoms with E-state index in [-0.39, 0.29) is 0 Å². The first-order chi connectivity index (χ1) is 6.86. The molecule has 0 saturated carbocycles. The molecule has 2 heterocycles. The second-order valence-electron chi connectivity index (χ2n) is 3.83. The fourth-order valence-corrected chi connectivity index (χ4v) is 1.87. The highest BCUT2D eigenvalue weighted by atomic mass is 15.0. The molecule has 1 fully saturated rings. The van der Waals surface area contributed by atoms with Crippen molar-refractivity contribution >= 4 is 0 Å². The van der Waals surface area contributed by atoms with Gasteiger partial charge in [0.15, 0.2) is 0 Å². The van der Waals surface area contributed by atoms with E-state index in [0.29, 0.717) is 12.1 Å². The van der Waals surface area contributed by atoms with Gasteiger partial charge in [0.05, 0.1) is 5.69 Å². The quantitative estimate of drug-likeness (QED) is 0.751. The smallest absolute Gasteiger partial charge is 0.0570 e. The molecule has 0 bridgehead atoms. The van der Waals surface area contributed by atoms with Crippen LogP contribution in [0.4, 0.5) is 0 Å². The number of rotatable bonds is 3. The van der Waals surface area contributed by atoms with E-state index >= 15 is 0 Å². The lowest BCUT2D eigenvalue weighted by atomic mass is 10.1. The molecule has 0 spiro atoms. The van der Waals surface area contributed by atoms with Gasteiger partial charge in [0.1, 0.15) is 0 Å². The number of hydrogen-bond donors (Lipinski definition) is 2. The molecule has 0 aromatic carbocycles. The van der Waals surface area contributed by atoms with E-state index in [9.17, 15) is 0 Å². The molecule has 2 atom stereocenters. The van der Waals surface area contributed by atoms with Gasteiger partial charge in [0.25, 0.3) is 0 Å². The van der Waals surface area contributed by atoms with Gasteiger partial charge in [-0.1, -0.05) is 6.07 Å². The Labute approximate surface area is 84.9 Å². The molecule has 76 valence electrons. The number of hydrogen-bond acceptors (Lipinski definition) is 3. The molecule has 0 aliphatic carbocycles. The predicted octanol–water partition coefficient (Wildman–Crippen LogP) is 1.09. The van der Waals surface area contributed by atoms with Crippen LogP contribution in [-0.4, -0.2) is 24.1 Å². The van der Waals surface area contributed by atoms with E-state index in [1.165, 1.54) is 6.42 Å². The van der Waals surface area contributed by atoms with Crippen molar-refractivity contribution in [3.05, 3.63) is 30.1 Å². The van der Waals surface area contributed by atoms with Crippen LogP contribution in [0.5, 0.6) is 0 Å². The van der Waals surface area contributed by atoms with Crippen LogP contribution in [0.3, 0.4) is 0 Å². The maximum atomic E-state index is 4.34. The Bertz CT molecular complexity index is 267. The van der Waals surface area contributed by atoms with Crippen molar-refractivity contribution < 1.29 is 0 Å². The molecule has 1 saturated heterocycles. The van der Waals surface area contributed by atoms with E-state index < -0.39 is 0 Å². The van der Waals surface area contributed by atoms with Crippen LogP contribution in [-0.2, 0) is 0 Å². The minimum Gasteiger partial charge on any atom is -0.315 e. The lowest BCUT2D eigenvalue weighted by molar-refractivity contribution is 0.471. The molecule has 14 heavy (non-hydrogen) atoms. The van der Waals surface area contributed by atoms with Gasteiger partial charge in [0, 0.05) is 24.8 Å². The van der Waals surface area contributed by atoms with Crippen LogP contribution < -0.4 is 10.6 Å². The summed E-state index contributed by atoms with van der Waals surface area (Å²) < 4.78 is 0. The van der Waals surface area contributed by atoms with Crippen molar-refractivity contribution in [1.82, 2.24) is 15.6 Å². The number of nitrogens with zero attached hydrogens (tertiary/aromatic N) is 1. The Morgan fingerprint density at radius 3 is 3.14 bits per heavy atom. The van der Waals surface area contributed by atoms with Gasteiger partial charge in [-0.2, -0.15) is 0 Å². The fourth-order valence-electron chi connectivity index (χ4n) is 1.87. The number of nitrogens with one attached hydrogen (secondary N) is 2. The summed E-state index contributed by atoms with van der Waals surface area (Å²) >= 11 is 0. The largest absolute Gasteiger partial charge is 0.315 e. The van der Waals surface area contributed by atoms with Crippen molar-refractivity contribution in [2.45, 2.75) is 25.4 Å². The molecule has 0 amide bonds. The van der Waals surface area contributed by atoms with E-state index in [2.05, 4.69) is 28.6 Å². The van der Waals surface area contributed by atoms with Crippen molar-refractivity contribution in [2.24, 2.45) is 0 Å². The molecule has 2 rings (SSSR count). The third-order valence-electron chi connectivity index (χ3n) is 2.68. The third-order valence-corrected chi connectivity index (χ3v) is 2.68. The van der Waals surface area contributed by atoms with Crippen LogP contribution in [0.15, 0.2) is 24.4 Å². The zero-order chi connectivity index (χ0) is 9.80. The van der Waals surface area contributed by atoms with Crippen LogP contribution in [0.1, 0.15) is 25.1 Å². The molecule has 1 aliphatic rings. The Hall–Kier alpha value is -0.930. The van der Waals surface area contributed by atoms with E-state index in [0.717, 1.165) is 18.8 Å². The highest BCUT2D eigenvalue weighted by Gasteiger charge is 2.17. The van der Waals surface area contributed by atoms with Crippen molar-refractivity contribution in [3.8, 4) is 0 Å². The van der Waals surface area contributed by atoms with Gasteiger partial charge >= 0.3 is 0 Å². The van der Waals surface area contributed by atoms with Crippen molar-refractivity contribution in [2.75, 3.05) is 13.1 Å². The maximum absolute atomic E-state index is 4.34. The number of aromatic nitrogens is 1. The predicted molar refractivity (Wildman–Crippen MR) is 57.1 cm³/mol. The molecule has 1 unspecified atom stereocenters. The van der Waals surface area contributed by atoms with Crippen molar-refractivity contribution in [1.29, 1.82) is 0 Å². The molecule has 3 heteroatoms. The minimum absolute atomic E-state index is 0.348. The standard InChI is InChI=1S/C11H17N3/c1-9(11-4-2-3-6-13-11)14-10-5-7-12-8-10/h2-4,6,9-10,12,14H,5,7-8H2,1H3/t9?,10-/m0/s1. The first kappa shape index (κ1) is 9.62. The molecule has 1 aliphatic heterocycles. The Kier molecular flexibility index (Phi) is 3.11. The van der Waals surface area contributed by atoms with E-state index in [1.54, 1.807) is 0 Å². The highest BCUT2D eigenvalue weighted by molar-refractivity contribution is 5.08. The second-order valence-corrected chi connectivity index (χ2v) is 3.83. The van der Waals surface area contributed by atoms with Crippen molar-refractivity contribution in [3.63, 3.8) is 0 Å². The molecule has 3 nitrogen and oxygen atoms in total. The van der Waals surface area contributed by atoms with Gasteiger partial charge in [-0.15, -0.1) is 0 Å². The van der Waals surface area contributed by atoms with Crippen LogP contribution >= 0.6 is 0 Å². The molecular weight excluding hydrogens is 174 g/mol. The minimum atomic E-state index is 0.348. The Balaban J connectivity index is 1.92. The first-order valence-corrected chi connectivity index (χ1v) is 5.24. The number of pyridine rings is 1. The summed E-state index contributed by atoms with van der Waals surface area (Å²) in [6.07, 6.45) is 3.07. The van der Waals surface area contributed by atoms with Crippen LogP contribution in [0, 0.1) is 0 Å². The summed E-state index contributed by atoms with van der Waals surface area (Å²) in [5, 5.41) is 6.92. The summed E-state index contributed by atoms with van der Waals surface area (Å²) in [7, 11) is 0. The zero-order valence-electron chi connectivity index (χ0n) is 8.53. The van der Waals surface area contributed by atoms with E-state index in [1.807, 2.05) is 18.3 Å². The van der Waals surface area contributed by atoms with Crippen LogP contribution in [0.2, 0.25) is 0 Å². The topological polar surface area (TPSA) is 37.0 Å². The SMILES string of the molecule is CC(N[C@H]1CCNC1)c1ccccn1. The second kappa shape index (κ2) is 4.53. The summed E-state index contributed by atoms with van der Waals surface area (Å²) in [6, 6.07) is 7.01. The van der Waals surface area contributed by atoms with Gasteiger partial charge in [-0.3, -0.25) is 4.98 Å². The zero-order valence-corrected chi connectivity index (χ0v) is 8.53. The summed E-state index contributed by atoms with van der Waals surface area (Å²) in [6.45, 7) is 4.38. The normalized spacial score (nSPS) is 23.6. The van der Waals surface area contributed by atoms with Gasteiger partial charge < -0.3 is 10.6 Å². The molecule has 0 radical (unpaired) electrons. The fraction of sp³-hybridized carbons (Fsp3) is 0.545. The molecule has 2 N–H and O–H groups in total. The lowest BCUT2D eigenvalue weighted by Crippen LogP contribution is -2.33. The Morgan fingerprint density at radius 2 is 2.50 bits per heavy atom. The molecule has 1 aromatic heterocycles. The van der Waals surface area contributed by atoms with Gasteiger partial charge in [-0.05, 0) is 32.0 Å². The molecule has 1 aromatic rings. The third kappa shape index (κ3) is 2.30. The Morgan fingerprint density at radius 1 is 1.57 bits per heavy atom. The first-order valence-electron chi connectivity index (χ1n) is 5.24.